The molecule has 3 rings (SSSR count). The smallest absolute Gasteiger partial charge is 0.253 e. The molecule has 2 aromatic heterocycles. The van der Waals surface area contributed by atoms with Gasteiger partial charge in [-0.15, -0.1) is 0 Å². The monoisotopic (exact) mass is 298 g/mol. The first-order valence-corrected chi connectivity index (χ1v) is 7.25. The molecule has 0 aliphatic carbocycles. The summed E-state index contributed by atoms with van der Waals surface area (Å²) in [6.07, 6.45) is 3.44. The summed E-state index contributed by atoms with van der Waals surface area (Å²) in [5.74, 6) is -0.0271. The van der Waals surface area contributed by atoms with Crippen molar-refractivity contribution < 1.29 is 4.79 Å². The highest BCUT2D eigenvalue weighted by Gasteiger charge is 2.13. The molecule has 3 aromatic rings. The molecule has 0 atom stereocenters. The summed E-state index contributed by atoms with van der Waals surface area (Å²) in [5, 5.41) is 0.514. The lowest BCUT2D eigenvalue weighted by molar-refractivity contribution is 0.0785. The number of nitrogens with two attached hydrogens (primary N) is 1. The number of amides is 1. The molecule has 0 saturated heterocycles. The lowest BCUT2D eigenvalue weighted by Crippen LogP contribution is -2.26. The van der Waals surface area contributed by atoms with Crippen LogP contribution in [0.15, 0.2) is 42.7 Å². The van der Waals surface area contributed by atoms with Crippen LogP contribution in [-0.4, -0.2) is 27.8 Å². The molecule has 0 fully saturated rings. The minimum atomic E-state index is -0.0271. The lowest BCUT2D eigenvalue weighted by Gasteiger charge is -2.17. The van der Waals surface area contributed by atoms with Crippen molar-refractivity contribution in [3.63, 3.8) is 0 Å². The first-order valence-electron chi connectivity index (χ1n) is 6.44. The predicted molar refractivity (Wildman–Crippen MR) is 84.1 cm³/mol. The van der Waals surface area contributed by atoms with Crippen molar-refractivity contribution in [3.8, 4) is 0 Å². The second kappa shape index (κ2) is 5.49. The largest absolute Gasteiger partial charge is 0.375 e. The van der Waals surface area contributed by atoms with Crippen molar-refractivity contribution in [2.45, 2.75) is 6.54 Å². The van der Waals surface area contributed by atoms with E-state index in [1.54, 1.807) is 30.4 Å². The third-order valence-electron chi connectivity index (χ3n) is 3.17. The minimum Gasteiger partial charge on any atom is -0.375 e. The van der Waals surface area contributed by atoms with Gasteiger partial charge in [0.25, 0.3) is 5.91 Å². The first kappa shape index (κ1) is 13.5. The molecule has 2 heterocycles. The molecule has 0 radical (unpaired) electrons. The Labute approximate surface area is 126 Å². The first-order chi connectivity index (χ1) is 10.1. The molecule has 1 aromatic carbocycles. The summed E-state index contributed by atoms with van der Waals surface area (Å²) in [6.45, 7) is 0.546. The van der Waals surface area contributed by atoms with Crippen molar-refractivity contribution in [2.75, 3.05) is 12.8 Å². The van der Waals surface area contributed by atoms with Gasteiger partial charge in [0.1, 0.15) is 0 Å². The highest BCUT2D eigenvalue weighted by atomic mass is 32.1. The highest BCUT2D eigenvalue weighted by molar-refractivity contribution is 7.22. The van der Waals surface area contributed by atoms with Crippen molar-refractivity contribution in [1.82, 2.24) is 14.9 Å². The molecule has 106 valence electrons. The molecule has 0 aliphatic heterocycles. The molecule has 6 heteroatoms. The Kier molecular flexibility index (Phi) is 3.53. The van der Waals surface area contributed by atoms with E-state index in [1.165, 1.54) is 11.3 Å². The van der Waals surface area contributed by atoms with Gasteiger partial charge in [-0.2, -0.15) is 0 Å². The fourth-order valence-corrected chi connectivity index (χ4v) is 2.90. The summed E-state index contributed by atoms with van der Waals surface area (Å²) in [5.41, 5.74) is 8.20. The molecular weight excluding hydrogens is 284 g/mol. The Balaban J connectivity index is 1.82. The SMILES string of the molecule is CN(Cc1ccncc1)C(=O)c1ccc2nc(N)sc2c1. The number of fused-ring (bicyclic) bond motifs is 1. The zero-order valence-electron chi connectivity index (χ0n) is 11.5. The number of rotatable bonds is 3. The van der Waals surface area contributed by atoms with Crippen molar-refractivity contribution in [2.24, 2.45) is 0 Å². The number of thiazole rings is 1. The fourth-order valence-electron chi connectivity index (χ4n) is 2.13. The third kappa shape index (κ3) is 2.85. The third-order valence-corrected chi connectivity index (χ3v) is 4.02. The maximum atomic E-state index is 12.5. The van der Waals surface area contributed by atoms with E-state index in [0.717, 1.165) is 15.8 Å². The maximum Gasteiger partial charge on any atom is 0.253 e. The van der Waals surface area contributed by atoms with Gasteiger partial charge in [0.05, 0.1) is 10.2 Å². The van der Waals surface area contributed by atoms with E-state index in [-0.39, 0.29) is 5.91 Å². The van der Waals surface area contributed by atoms with Crippen LogP contribution in [-0.2, 0) is 6.54 Å². The molecule has 21 heavy (non-hydrogen) atoms. The zero-order chi connectivity index (χ0) is 14.8. The molecular formula is C15H14N4OS. The number of carbonyl (C=O) groups excluding carboxylic acids is 1. The van der Waals surface area contributed by atoms with Crippen molar-refractivity contribution in [1.29, 1.82) is 0 Å². The van der Waals surface area contributed by atoms with Gasteiger partial charge in [-0.3, -0.25) is 9.78 Å². The molecule has 0 unspecified atom stereocenters. The van der Waals surface area contributed by atoms with Crippen LogP contribution in [0, 0.1) is 0 Å². The van der Waals surface area contributed by atoms with E-state index < -0.39 is 0 Å². The van der Waals surface area contributed by atoms with Crippen LogP contribution in [0.2, 0.25) is 0 Å². The van der Waals surface area contributed by atoms with E-state index in [9.17, 15) is 4.79 Å². The van der Waals surface area contributed by atoms with Gasteiger partial charge in [0.2, 0.25) is 0 Å². The summed E-state index contributed by atoms with van der Waals surface area (Å²) >= 11 is 1.39. The number of nitrogen functional groups attached to an aromatic ring is 1. The minimum absolute atomic E-state index is 0.0271. The van der Waals surface area contributed by atoms with Crippen LogP contribution in [0.1, 0.15) is 15.9 Å². The van der Waals surface area contributed by atoms with E-state index in [2.05, 4.69) is 9.97 Å². The van der Waals surface area contributed by atoms with Gasteiger partial charge in [0, 0.05) is 31.5 Å². The number of carbonyl (C=O) groups is 1. The summed E-state index contributed by atoms with van der Waals surface area (Å²) in [7, 11) is 1.79. The van der Waals surface area contributed by atoms with Crippen LogP contribution in [0.25, 0.3) is 10.2 Å². The van der Waals surface area contributed by atoms with Gasteiger partial charge in [-0.25, -0.2) is 4.98 Å². The predicted octanol–water partition coefficient (Wildman–Crippen LogP) is 2.55. The Morgan fingerprint density at radius 3 is 2.81 bits per heavy atom. The van der Waals surface area contributed by atoms with Crippen LogP contribution in [0.5, 0.6) is 0 Å². The number of benzene rings is 1. The Morgan fingerprint density at radius 1 is 1.29 bits per heavy atom. The van der Waals surface area contributed by atoms with E-state index in [1.807, 2.05) is 24.3 Å². The van der Waals surface area contributed by atoms with Gasteiger partial charge >= 0.3 is 0 Å². The van der Waals surface area contributed by atoms with Gasteiger partial charge < -0.3 is 10.6 Å². The van der Waals surface area contributed by atoms with Crippen molar-refractivity contribution >= 4 is 32.6 Å². The van der Waals surface area contributed by atoms with Crippen LogP contribution < -0.4 is 5.73 Å². The number of nitrogens with zero attached hydrogens (tertiary/aromatic N) is 3. The van der Waals surface area contributed by atoms with Gasteiger partial charge in [0.15, 0.2) is 5.13 Å². The van der Waals surface area contributed by atoms with Crippen LogP contribution in [0.4, 0.5) is 5.13 Å². The Morgan fingerprint density at radius 2 is 2.05 bits per heavy atom. The second-order valence-corrected chi connectivity index (χ2v) is 5.81. The molecule has 5 nitrogen and oxygen atoms in total. The lowest BCUT2D eigenvalue weighted by atomic mass is 10.1. The van der Waals surface area contributed by atoms with Crippen molar-refractivity contribution in [3.05, 3.63) is 53.9 Å². The number of anilines is 1. The normalized spacial score (nSPS) is 10.7. The van der Waals surface area contributed by atoms with E-state index in [4.69, 9.17) is 5.73 Å². The molecule has 0 bridgehead atoms. The average molecular weight is 298 g/mol. The summed E-state index contributed by atoms with van der Waals surface area (Å²) in [6, 6.07) is 9.26. The fraction of sp³-hybridized carbons (Fsp3) is 0.133. The van der Waals surface area contributed by atoms with Gasteiger partial charge in [-0.1, -0.05) is 11.3 Å². The summed E-state index contributed by atoms with van der Waals surface area (Å²) in [4.78, 5) is 22.3. The number of hydrogen-bond acceptors (Lipinski definition) is 5. The van der Waals surface area contributed by atoms with E-state index in [0.29, 0.717) is 17.2 Å². The molecule has 0 aliphatic rings. The molecule has 2 N–H and O–H groups in total. The number of aromatic nitrogens is 2. The Bertz CT molecular complexity index is 785. The average Bonchev–Trinajstić information content (AvgIpc) is 2.86. The maximum absolute atomic E-state index is 12.5. The topological polar surface area (TPSA) is 72.1 Å². The summed E-state index contributed by atoms with van der Waals surface area (Å²) < 4.78 is 0.927. The van der Waals surface area contributed by atoms with Crippen LogP contribution >= 0.6 is 11.3 Å². The van der Waals surface area contributed by atoms with E-state index >= 15 is 0 Å². The molecule has 1 amide bonds. The molecule has 0 spiro atoms. The number of pyridine rings is 1. The van der Waals surface area contributed by atoms with Gasteiger partial charge in [-0.05, 0) is 35.9 Å². The highest BCUT2D eigenvalue weighted by Crippen LogP contribution is 2.25. The molecule has 0 saturated carbocycles. The quantitative estimate of drug-likeness (QED) is 0.806. The Hall–Kier alpha value is -2.47. The standard InChI is InChI=1S/C15H14N4OS/c1-19(9-10-4-6-17-7-5-10)14(20)11-2-3-12-13(8-11)21-15(16)18-12/h2-8H,9H2,1H3,(H2,16,18). The zero-order valence-corrected chi connectivity index (χ0v) is 12.3. The second-order valence-electron chi connectivity index (χ2n) is 4.75. The van der Waals surface area contributed by atoms with Crippen LogP contribution in [0.3, 0.4) is 0 Å². The number of hydrogen-bond donors (Lipinski definition) is 1.